The maximum absolute atomic E-state index is 14.6. The number of ether oxygens (including phenoxy) is 1. The topological polar surface area (TPSA) is 96.0 Å². The highest BCUT2D eigenvalue weighted by atomic mass is 127. The van der Waals surface area contributed by atoms with E-state index in [-0.39, 0.29) is 18.0 Å². The Balaban J connectivity index is 1.37. The van der Waals surface area contributed by atoms with E-state index in [0.29, 0.717) is 45.3 Å². The molecular weight excluding hydrogens is 572 g/mol. The minimum absolute atomic E-state index is 0.149. The van der Waals surface area contributed by atoms with Gasteiger partial charge in [-0.25, -0.2) is 4.39 Å². The van der Waals surface area contributed by atoms with Gasteiger partial charge in [0.2, 0.25) is 17.8 Å². The van der Waals surface area contributed by atoms with Crippen molar-refractivity contribution in [3.63, 3.8) is 0 Å². The maximum atomic E-state index is 14.6. The molecule has 1 saturated heterocycles. The number of rotatable bonds is 10. The van der Waals surface area contributed by atoms with E-state index in [1.165, 1.54) is 38.2 Å². The SMILES string of the molecule is CC(I)C(Nc1nc(Nc2ccc(OC3CC3)c(F)c2)nc(NC2CCCCCC2)n1)C1CCCN1. The minimum Gasteiger partial charge on any atom is -0.487 e. The van der Waals surface area contributed by atoms with Crippen LogP contribution in [0.3, 0.4) is 0 Å². The van der Waals surface area contributed by atoms with Gasteiger partial charge in [0.1, 0.15) is 0 Å². The van der Waals surface area contributed by atoms with Crippen molar-refractivity contribution in [2.45, 2.75) is 99.3 Å². The normalized spacial score (nSPS) is 22.5. The number of benzene rings is 1. The van der Waals surface area contributed by atoms with Crippen LogP contribution in [0.25, 0.3) is 0 Å². The molecule has 0 amide bonds. The molecule has 1 aromatic heterocycles. The molecule has 10 heteroatoms. The Morgan fingerprint density at radius 2 is 1.72 bits per heavy atom. The van der Waals surface area contributed by atoms with Gasteiger partial charge in [-0.15, -0.1) is 0 Å². The van der Waals surface area contributed by atoms with Crippen molar-refractivity contribution in [3.8, 4) is 5.75 Å². The van der Waals surface area contributed by atoms with Crippen LogP contribution >= 0.6 is 22.6 Å². The molecular formula is C26H37FIN7O. The number of aromatic nitrogens is 3. The molecule has 8 nitrogen and oxygen atoms in total. The van der Waals surface area contributed by atoms with Crippen LogP contribution in [0, 0.1) is 5.82 Å². The van der Waals surface area contributed by atoms with Crippen LogP contribution < -0.4 is 26.0 Å². The monoisotopic (exact) mass is 609 g/mol. The third-order valence-electron chi connectivity index (χ3n) is 7.15. The number of anilines is 4. The zero-order valence-corrected chi connectivity index (χ0v) is 23.1. The second-order valence-electron chi connectivity index (χ2n) is 10.3. The fraction of sp³-hybridized carbons (Fsp3) is 0.654. The lowest BCUT2D eigenvalue weighted by atomic mass is 10.0. The summed E-state index contributed by atoms with van der Waals surface area (Å²) in [7, 11) is 0. The number of hydrogen-bond acceptors (Lipinski definition) is 8. The van der Waals surface area contributed by atoms with Gasteiger partial charge in [-0.2, -0.15) is 15.0 Å². The van der Waals surface area contributed by atoms with Crippen molar-refractivity contribution in [2.24, 2.45) is 0 Å². The van der Waals surface area contributed by atoms with Gasteiger partial charge >= 0.3 is 0 Å². The van der Waals surface area contributed by atoms with E-state index in [4.69, 9.17) is 9.72 Å². The number of alkyl halides is 1. The second-order valence-corrected chi connectivity index (χ2v) is 12.2. The van der Waals surface area contributed by atoms with Gasteiger partial charge in [-0.05, 0) is 57.2 Å². The van der Waals surface area contributed by atoms with Crippen LogP contribution in [0.15, 0.2) is 18.2 Å². The average Bonchev–Trinajstić information content (AvgIpc) is 3.57. The average molecular weight is 610 g/mol. The Hall–Kier alpha value is -1.95. The van der Waals surface area contributed by atoms with Crippen molar-refractivity contribution >= 4 is 46.1 Å². The lowest BCUT2D eigenvalue weighted by Gasteiger charge is -2.28. The van der Waals surface area contributed by atoms with E-state index in [2.05, 4.69) is 60.7 Å². The first-order valence-electron chi connectivity index (χ1n) is 13.4. The Morgan fingerprint density at radius 3 is 2.39 bits per heavy atom. The van der Waals surface area contributed by atoms with Gasteiger partial charge in [0.25, 0.3) is 0 Å². The number of halogens is 2. The van der Waals surface area contributed by atoms with Gasteiger partial charge in [-0.3, -0.25) is 0 Å². The van der Waals surface area contributed by atoms with Crippen molar-refractivity contribution in [2.75, 3.05) is 22.5 Å². The molecule has 2 heterocycles. The highest BCUT2D eigenvalue weighted by molar-refractivity contribution is 14.1. The van der Waals surface area contributed by atoms with Crippen LogP contribution in [0.1, 0.15) is 71.1 Å². The molecule has 2 aromatic rings. The fourth-order valence-corrected chi connectivity index (χ4v) is 5.72. The molecule has 1 aromatic carbocycles. The minimum atomic E-state index is -0.387. The summed E-state index contributed by atoms with van der Waals surface area (Å²) in [5.41, 5.74) is 0.574. The molecule has 3 fully saturated rings. The van der Waals surface area contributed by atoms with Gasteiger partial charge in [0.05, 0.1) is 12.1 Å². The molecule has 3 aliphatic rings. The van der Waals surface area contributed by atoms with E-state index in [9.17, 15) is 4.39 Å². The third-order valence-corrected chi connectivity index (χ3v) is 7.93. The van der Waals surface area contributed by atoms with Gasteiger partial charge in [0, 0.05) is 27.8 Å². The predicted molar refractivity (Wildman–Crippen MR) is 150 cm³/mol. The van der Waals surface area contributed by atoms with Gasteiger partial charge in [0.15, 0.2) is 11.6 Å². The molecule has 0 radical (unpaired) electrons. The smallest absolute Gasteiger partial charge is 0.233 e. The van der Waals surface area contributed by atoms with E-state index in [1.807, 2.05) is 0 Å². The summed E-state index contributed by atoms with van der Waals surface area (Å²) >= 11 is 2.47. The summed E-state index contributed by atoms with van der Waals surface area (Å²) in [6.07, 6.45) is 11.7. The van der Waals surface area contributed by atoms with E-state index >= 15 is 0 Å². The standard InChI is InChI=1S/C26H37FIN7O/c1-16(28)23(21-9-6-14-29-21)32-26-34-24(30-17-7-4-2-3-5-8-17)33-25(35-26)31-18-10-13-22(20(27)15-18)36-19-11-12-19/h10,13,15-17,19,21,23,29H,2-9,11-12,14H2,1H3,(H3,30,31,32,33,34,35). The van der Waals surface area contributed by atoms with Crippen LogP contribution in [-0.2, 0) is 0 Å². The molecule has 2 aliphatic carbocycles. The summed E-state index contributed by atoms with van der Waals surface area (Å²) in [5, 5.41) is 13.9. The summed E-state index contributed by atoms with van der Waals surface area (Å²) in [5.74, 6) is 1.37. The van der Waals surface area contributed by atoms with Crippen molar-refractivity contribution in [3.05, 3.63) is 24.0 Å². The van der Waals surface area contributed by atoms with Crippen LogP contribution in [0.2, 0.25) is 0 Å². The first-order valence-corrected chi connectivity index (χ1v) is 14.7. The van der Waals surface area contributed by atoms with Gasteiger partial charge < -0.3 is 26.0 Å². The van der Waals surface area contributed by atoms with Crippen molar-refractivity contribution in [1.29, 1.82) is 0 Å². The Morgan fingerprint density at radius 1 is 0.972 bits per heavy atom. The number of nitrogens with zero attached hydrogens (tertiary/aromatic N) is 3. The largest absolute Gasteiger partial charge is 0.487 e. The molecule has 0 bridgehead atoms. The number of nitrogens with one attached hydrogen (secondary N) is 4. The molecule has 4 N–H and O–H groups in total. The van der Waals surface area contributed by atoms with E-state index in [1.54, 1.807) is 12.1 Å². The van der Waals surface area contributed by atoms with Crippen molar-refractivity contribution < 1.29 is 9.13 Å². The van der Waals surface area contributed by atoms with E-state index in [0.717, 1.165) is 38.6 Å². The molecule has 3 atom stereocenters. The first kappa shape index (κ1) is 25.7. The third kappa shape index (κ3) is 7.08. The van der Waals surface area contributed by atoms with Crippen molar-refractivity contribution in [1.82, 2.24) is 20.3 Å². The summed E-state index contributed by atoms with van der Waals surface area (Å²) in [4.78, 5) is 14.1. The summed E-state index contributed by atoms with van der Waals surface area (Å²) < 4.78 is 20.6. The Kier molecular flexibility index (Phi) is 8.61. The highest BCUT2D eigenvalue weighted by Gasteiger charge is 2.29. The molecule has 36 heavy (non-hydrogen) atoms. The molecule has 2 saturated carbocycles. The Labute approximate surface area is 226 Å². The molecule has 3 unspecified atom stereocenters. The maximum Gasteiger partial charge on any atom is 0.233 e. The fourth-order valence-electron chi connectivity index (χ4n) is 5.04. The van der Waals surface area contributed by atoms with Crippen LogP contribution in [-0.4, -0.2) is 49.7 Å². The summed E-state index contributed by atoms with van der Waals surface area (Å²) in [6.45, 7) is 3.24. The van der Waals surface area contributed by atoms with Crippen LogP contribution in [0.4, 0.5) is 27.9 Å². The lowest BCUT2D eigenvalue weighted by molar-refractivity contribution is 0.287. The number of hydrogen-bond donors (Lipinski definition) is 4. The summed E-state index contributed by atoms with van der Waals surface area (Å²) in [6, 6.07) is 5.81. The zero-order valence-electron chi connectivity index (χ0n) is 20.9. The Bertz CT molecular complexity index is 1010. The molecule has 0 spiro atoms. The molecule has 196 valence electrons. The quantitative estimate of drug-likeness (QED) is 0.153. The second kappa shape index (κ2) is 12.1. The van der Waals surface area contributed by atoms with E-state index < -0.39 is 0 Å². The first-order chi connectivity index (χ1) is 17.5. The molecule has 1 aliphatic heterocycles. The van der Waals surface area contributed by atoms with Crippen LogP contribution in [0.5, 0.6) is 5.75 Å². The molecule has 5 rings (SSSR count). The van der Waals surface area contributed by atoms with Gasteiger partial charge in [-0.1, -0.05) is 55.2 Å². The highest BCUT2D eigenvalue weighted by Crippen LogP contribution is 2.31. The predicted octanol–water partition coefficient (Wildman–Crippen LogP) is 5.79. The zero-order chi connectivity index (χ0) is 24.9. The lowest BCUT2D eigenvalue weighted by Crippen LogP contribution is -2.45.